The van der Waals surface area contributed by atoms with Crippen molar-refractivity contribution >= 4 is 52.4 Å². The minimum atomic E-state index is -0.146. The van der Waals surface area contributed by atoms with Crippen LogP contribution >= 0.6 is 11.8 Å². The first-order chi connectivity index (χ1) is 18.0. The van der Waals surface area contributed by atoms with Crippen molar-refractivity contribution in [1.82, 2.24) is 14.9 Å². The van der Waals surface area contributed by atoms with Crippen LogP contribution in [0.2, 0.25) is 0 Å². The lowest BCUT2D eigenvalue weighted by Gasteiger charge is -2.35. The molecule has 2 N–H and O–H groups in total. The van der Waals surface area contributed by atoms with Gasteiger partial charge in [-0.05, 0) is 61.5 Å². The molecule has 5 rings (SSSR count). The average molecular weight is 518 g/mol. The number of hydrogen-bond acceptors (Lipinski definition) is 8. The number of Topliss-reactive ketones (excluding diaryl/α,β-unsaturated/α-hetero) is 1. The van der Waals surface area contributed by atoms with Crippen molar-refractivity contribution in [3.05, 3.63) is 66.4 Å². The van der Waals surface area contributed by atoms with Crippen molar-refractivity contribution in [2.45, 2.75) is 6.92 Å². The largest absolute Gasteiger partial charge is 0.370 e. The van der Waals surface area contributed by atoms with Gasteiger partial charge in [-0.1, -0.05) is 0 Å². The van der Waals surface area contributed by atoms with Gasteiger partial charge in [0.25, 0.3) is 0 Å². The number of anilines is 5. The highest BCUT2D eigenvalue weighted by Gasteiger charge is 2.22. The molecular weight excluding hydrogens is 486 g/mol. The second-order valence-electron chi connectivity index (χ2n) is 9.05. The van der Waals surface area contributed by atoms with E-state index in [0.717, 1.165) is 24.6 Å². The molecule has 9 nitrogen and oxygen atoms in total. The summed E-state index contributed by atoms with van der Waals surface area (Å²) < 4.78 is 0. The number of aromatic nitrogens is 2. The molecule has 2 aliphatic heterocycles. The van der Waals surface area contributed by atoms with Crippen molar-refractivity contribution in [3.8, 4) is 0 Å². The Morgan fingerprint density at radius 3 is 2.16 bits per heavy atom. The van der Waals surface area contributed by atoms with Crippen molar-refractivity contribution < 1.29 is 9.59 Å². The number of benzene rings is 2. The molecule has 0 saturated carbocycles. The molecule has 2 fully saturated rings. The molecule has 0 unspecified atom stereocenters. The predicted octanol–water partition coefficient (Wildman–Crippen LogP) is 4.33. The second kappa shape index (κ2) is 11.5. The quantitative estimate of drug-likeness (QED) is 0.467. The van der Waals surface area contributed by atoms with Crippen LogP contribution in [0.1, 0.15) is 17.3 Å². The third-order valence-electron chi connectivity index (χ3n) is 6.57. The highest BCUT2D eigenvalue weighted by Crippen LogP contribution is 2.23. The van der Waals surface area contributed by atoms with Crippen LogP contribution in [0.15, 0.2) is 60.8 Å². The Balaban J connectivity index is 1.14. The van der Waals surface area contributed by atoms with Gasteiger partial charge in [-0.25, -0.2) is 9.78 Å². The fourth-order valence-electron chi connectivity index (χ4n) is 4.42. The SMILES string of the molecule is CC(=O)c1ccc(NC(=O)N2CCN(c3ccnc(Nc4ccc(N5CCSCC5)cc4)n3)CC2)cc1. The Morgan fingerprint density at radius 2 is 1.49 bits per heavy atom. The summed E-state index contributed by atoms with van der Waals surface area (Å²) in [7, 11) is 0. The van der Waals surface area contributed by atoms with Crippen LogP contribution in [0, 0.1) is 0 Å². The maximum atomic E-state index is 12.7. The van der Waals surface area contributed by atoms with Crippen molar-refractivity contribution in [1.29, 1.82) is 0 Å². The number of carbonyl (C=O) groups excluding carboxylic acids is 2. The number of piperazine rings is 1. The molecule has 0 atom stereocenters. The molecular formula is C27H31N7O2S. The summed E-state index contributed by atoms with van der Waals surface area (Å²) in [6.45, 7) is 6.22. The summed E-state index contributed by atoms with van der Waals surface area (Å²) in [5.41, 5.74) is 3.49. The Labute approximate surface area is 221 Å². The second-order valence-corrected chi connectivity index (χ2v) is 10.3. The van der Waals surface area contributed by atoms with E-state index in [4.69, 9.17) is 4.98 Å². The van der Waals surface area contributed by atoms with Crippen LogP contribution in [0.4, 0.5) is 33.6 Å². The summed E-state index contributed by atoms with van der Waals surface area (Å²) in [5, 5.41) is 6.22. The normalized spacial score (nSPS) is 15.9. The molecule has 2 aromatic carbocycles. The number of hydrogen-bond donors (Lipinski definition) is 2. The van der Waals surface area contributed by atoms with Crippen LogP contribution in [-0.2, 0) is 0 Å². The number of urea groups is 1. The first-order valence-corrected chi connectivity index (χ1v) is 13.7. The zero-order valence-corrected chi connectivity index (χ0v) is 21.7. The molecule has 192 valence electrons. The van der Waals surface area contributed by atoms with E-state index in [0.29, 0.717) is 43.4 Å². The summed E-state index contributed by atoms with van der Waals surface area (Å²) in [6, 6.07) is 17.1. The van der Waals surface area contributed by atoms with E-state index < -0.39 is 0 Å². The number of nitrogens with zero attached hydrogens (tertiary/aromatic N) is 5. The number of nitrogens with one attached hydrogen (secondary N) is 2. The van der Waals surface area contributed by atoms with Crippen molar-refractivity contribution in [2.75, 3.05) is 71.2 Å². The maximum Gasteiger partial charge on any atom is 0.321 e. The Bertz CT molecular complexity index is 1220. The van der Waals surface area contributed by atoms with Crippen LogP contribution < -0.4 is 20.4 Å². The smallest absolute Gasteiger partial charge is 0.321 e. The van der Waals surface area contributed by atoms with Gasteiger partial charge in [-0.2, -0.15) is 16.7 Å². The van der Waals surface area contributed by atoms with Gasteiger partial charge in [0.15, 0.2) is 5.78 Å². The van der Waals surface area contributed by atoms with Gasteiger partial charge in [0.2, 0.25) is 5.95 Å². The molecule has 37 heavy (non-hydrogen) atoms. The molecule has 10 heteroatoms. The molecule has 2 saturated heterocycles. The summed E-state index contributed by atoms with van der Waals surface area (Å²) >= 11 is 2.01. The standard InChI is InChI=1S/C27H31N7O2S/c1-20(35)21-2-4-23(5-3-21)30-27(36)34-14-12-33(13-15-34)25-10-11-28-26(31-25)29-22-6-8-24(9-7-22)32-16-18-37-19-17-32/h2-11H,12-19H2,1H3,(H,30,36)(H,28,29,31). The van der Waals surface area contributed by atoms with E-state index in [1.54, 1.807) is 35.4 Å². The molecule has 3 aromatic rings. The number of carbonyl (C=O) groups is 2. The molecule has 0 radical (unpaired) electrons. The van der Waals surface area contributed by atoms with E-state index in [1.165, 1.54) is 24.1 Å². The van der Waals surface area contributed by atoms with Crippen molar-refractivity contribution in [2.24, 2.45) is 0 Å². The topological polar surface area (TPSA) is 93.7 Å². The molecule has 2 aliphatic rings. The van der Waals surface area contributed by atoms with Gasteiger partial charge >= 0.3 is 6.03 Å². The van der Waals surface area contributed by atoms with Crippen LogP contribution in [-0.4, -0.2) is 77.5 Å². The summed E-state index contributed by atoms with van der Waals surface area (Å²) in [5.74, 6) is 3.74. The molecule has 0 aliphatic carbocycles. The van der Waals surface area contributed by atoms with Gasteiger partial charge in [0.1, 0.15) is 5.82 Å². The number of rotatable bonds is 6. The van der Waals surface area contributed by atoms with E-state index >= 15 is 0 Å². The van der Waals surface area contributed by atoms with Crippen LogP contribution in [0.25, 0.3) is 0 Å². The molecule has 0 spiro atoms. The zero-order valence-electron chi connectivity index (χ0n) is 20.9. The lowest BCUT2D eigenvalue weighted by molar-refractivity contribution is 0.101. The fraction of sp³-hybridized carbons (Fsp3) is 0.333. The molecule has 2 amide bonds. The zero-order chi connectivity index (χ0) is 25.6. The summed E-state index contributed by atoms with van der Waals surface area (Å²) in [6.07, 6.45) is 1.76. The molecule has 0 bridgehead atoms. The van der Waals surface area contributed by atoms with Gasteiger partial charge < -0.3 is 25.3 Å². The first kappa shape index (κ1) is 24.9. The number of thioether (sulfide) groups is 1. The monoisotopic (exact) mass is 517 g/mol. The van der Waals surface area contributed by atoms with Crippen molar-refractivity contribution in [3.63, 3.8) is 0 Å². The van der Waals surface area contributed by atoms with E-state index in [2.05, 4.69) is 49.7 Å². The Morgan fingerprint density at radius 1 is 0.811 bits per heavy atom. The van der Waals surface area contributed by atoms with Gasteiger partial charge in [0, 0.05) is 79.6 Å². The Kier molecular flexibility index (Phi) is 7.74. The third kappa shape index (κ3) is 6.32. The first-order valence-electron chi connectivity index (χ1n) is 12.5. The molecule has 1 aromatic heterocycles. The molecule has 3 heterocycles. The maximum absolute atomic E-state index is 12.7. The number of amides is 2. The lowest BCUT2D eigenvalue weighted by Crippen LogP contribution is -2.50. The predicted molar refractivity (Wildman–Crippen MR) is 151 cm³/mol. The fourth-order valence-corrected chi connectivity index (χ4v) is 5.32. The van der Waals surface area contributed by atoms with E-state index in [1.807, 2.05) is 17.8 Å². The lowest BCUT2D eigenvalue weighted by atomic mass is 10.1. The van der Waals surface area contributed by atoms with E-state index in [-0.39, 0.29) is 11.8 Å². The third-order valence-corrected chi connectivity index (χ3v) is 7.52. The highest BCUT2D eigenvalue weighted by molar-refractivity contribution is 7.99. The number of ketones is 1. The highest BCUT2D eigenvalue weighted by atomic mass is 32.2. The van der Waals surface area contributed by atoms with Crippen LogP contribution in [0.5, 0.6) is 0 Å². The van der Waals surface area contributed by atoms with Crippen LogP contribution in [0.3, 0.4) is 0 Å². The van der Waals surface area contributed by atoms with Gasteiger partial charge in [-0.15, -0.1) is 0 Å². The minimum Gasteiger partial charge on any atom is -0.370 e. The minimum absolute atomic E-state index is 0.00200. The van der Waals surface area contributed by atoms with E-state index in [9.17, 15) is 9.59 Å². The summed E-state index contributed by atoms with van der Waals surface area (Å²) in [4.78, 5) is 39.6. The van der Waals surface area contributed by atoms with Gasteiger partial charge in [-0.3, -0.25) is 4.79 Å². The van der Waals surface area contributed by atoms with Gasteiger partial charge in [0.05, 0.1) is 0 Å². The average Bonchev–Trinajstić information content (AvgIpc) is 2.94. The Hall–Kier alpha value is -3.79.